The van der Waals surface area contributed by atoms with Crippen molar-refractivity contribution in [2.24, 2.45) is 5.73 Å². The van der Waals surface area contributed by atoms with Crippen LogP contribution >= 0.6 is 0 Å². The fourth-order valence-corrected chi connectivity index (χ4v) is 1.06. The van der Waals surface area contributed by atoms with E-state index in [4.69, 9.17) is 11.0 Å². The first-order valence-corrected chi connectivity index (χ1v) is 4.12. The first kappa shape index (κ1) is 10.0. The van der Waals surface area contributed by atoms with Crippen LogP contribution in [0.3, 0.4) is 0 Å². The van der Waals surface area contributed by atoms with Gasteiger partial charge >= 0.3 is 0 Å². The van der Waals surface area contributed by atoms with E-state index < -0.39 is 5.91 Å². The van der Waals surface area contributed by atoms with Crippen LogP contribution in [0.1, 0.15) is 22.8 Å². The highest BCUT2D eigenvalue weighted by Crippen LogP contribution is 2.08. The number of primary amides is 1. The van der Waals surface area contributed by atoms with Gasteiger partial charge < -0.3 is 5.73 Å². The fourth-order valence-electron chi connectivity index (χ4n) is 1.06. The van der Waals surface area contributed by atoms with Crippen LogP contribution in [-0.4, -0.2) is 5.91 Å². The molecule has 0 radical (unpaired) electrons. The third-order valence-electron chi connectivity index (χ3n) is 1.73. The predicted molar refractivity (Wildman–Crippen MR) is 54.2 cm³/mol. The molecule has 3 nitrogen and oxygen atoms in total. The van der Waals surface area contributed by atoms with Crippen molar-refractivity contribution >= 4 is 12.0 Å². The summed E-state index contributed by atoms with van der Waals surface area (Å²) in [6, 6.07) is 8.85. The molecule has 0 aliphatic carbocycles. The van der Waals surface area contributed by atoms with Gasteiger partial charge in [0.15, 0.2) is 0 Å². The zero-order chi connectivity index (χ0) is 10.6. The lowest BCUT2D eigenvalue weighted by atomic mass is 10.1. The molecule has 0 spiro atoms. The summed E-state index contributed by atoms with van der Waals surface area (Å²) in [5.41, 5.74) is 6.97. The van der Waals surface area contributed by atoms with Gasteiger partial charge in [0.05, 0.1) is 6.07 Å². The minimum Gasteiger partial charge on any atom is -0.366 e. The van der Waals surface area contributed by atoms with Crippen LogP contribution in [0.5, 0.6) is 0 Å². The Bertz CT molecular complexity index is 427. The number of nitriles is 1. The lowest BCUT2D eigenvalue weighted by molar-refractivity contribution is 0.100. The van der Waals surface area contributed by atoms with E-state index in [0.717, 1.165) is 5.56 Å². The number of allylic oxidation sites excluding steroid dienone is 1. The van der Waals surface area contributed by atoms with Gasteiger partial charge in [-0.3, -0.25) is 4.79 Å². The van der Waals surface area contributed by atoms with Gasteiger partial charge in [-0.25, -0.2) is 0 Å². The monoisotopic (exact) mass is 186 g/mol. The van der Waals surface area contributed by atoms with Crippen molar-refractivity contribution in [3.63, 3.8) is 0 Å². The van der Waals surface area contributed by atoms with E-state index in [-0.39, 0.29) is 0 Å². The average molecular weight is 186 g/mol. The largest absolute Gasteiger partial charge is 0.366 e. The summed E-state index contributed by atoms with van der Waals surface area (Å²) in [5.74, 6) is -0.463. The van der Waals surface area contributed by atoms with Gasteiger partial charge in [0.25, 0.3) is 0 Å². The molecule has 1 rings (SSSR count). The fraction of sp³-hybridized carbons (Fsp3) is 0.0909. The molecule has 0 unspecified atom stereocenters. The molecule has 0 aromatic heterocycles. The van der Waals surface area contributed by atoms with E-state index in [1.807, 2.05) is 12.1 Å². The van der Waals surface area contributed by atoms with E-state index in [1.54, 1.807) is 31.2 Å². The zero-order valence-corrected chi connectivity index (χ0v) is 7.82. The Morgan fingerprint density at radius 1 is 1.57 bits per heavy atom. The number of carbonyl (C=O) groups is 1. The molecule has 1 amide bonds. The molecule has 0 atom stereocenters. The van der Waals surface area contributed by atoms with Crippen LogP contribution in [0.2, 0.25) is 0 Å². The number of nitrogens with two attached hydrogens (primary N) is 1. The first-order chi connectivity index (χ1) is 6.63. The lowest BCUT2D eigenvalue weighted by Gasteiger charge is -1.97. The molecule has 0 aliphatic heterocycles. The Kier molecular flexibility index (Phi) is 3.03. The molecule has 14 heavy (non-hydrogen) atoms. The van der Waals surface area contributed by atoms with Crippen LogP contribution in [0.25, 0.3) is 6.08 Å². The molecule has 0 bridgehead atoms. The molecular weight excluding hydrogens is 176 g/mol. The van der Waals surface area contributed by atoms with Gasteiger partial charge in [-0.1, -0.05) is 12.1 Å². The Hall–Kier alpha value is -2.08. The molecule has 1 aromatic rings. The van der Waals surface area contributed by atoms with Gasteiger partial charge in [0.1, 0.15) is 0 Å². The minimum absolute atomic E-state index is 0.449. The summed E-state index contributed by atoms with van der Waals surface area (Å²) in [6.45, 7) is 1.71. The van der Waals surface area contributed by atoms with Crippen molar-refractivity contribution in [2.75, 3.05) is 0 Å². The number of rotatable bonds is 2. The number of hydrogen-bond donors (Lipinski definition) is 1. The molecule has 0 fully saturated rings. The second-order valence-electron chi connectivity index (χ2n) is 2.93. The van der Waals surface area contributed by atoms with Crippen LogP contribution in [0, 0.1) is 11.3 Å². The Balaban J connectivity index is 3.08. The molecule has 1 aromatic carbocycles. The lowest BCUT2D eigenvalue weighted by Crippen LogP contribution is -2.10. The average Bonchev–Trinajstić information content (AvgIpc) is 2.18. The number of hydrogen-bond acceptors (Lipinski definition) is 2. The zero-order valence-electron chi connectivity index (χ0n) is 7.82. The summed E-state index contributed by atoms with van der Waals surface area (Å²) in [5, 5.41) is 8.56. The van der Waals surface area contributed by atoms with Crippen molar-refractivity contribution in [2.45, 2.75) is 6.92 Å². The third-order valence-corrected chi connectivity index (χ3v) is 1.73. The Labute approximate surface area is 82.5 Å². The summed E-state index contributed by atoms with van der Waals surface area (Å²) >= 11 is 0. The minimum atomic E-state index is -0.463. The van der Waals surface area contributed by atoms with Gasteiger partial charge in [-0.15, -0.1) is 0 Å². The molecular formula is C11H10N2O. The summed E-state index contributed by atoms with van der Waals surface area (Å²) in [7, 11) is 0. The predicted octanol–water partition coefficient (Wildman–Crippen LogP) is 1.71. The number of benzene rings is 1. The number of carbonyl (C=O) groups excluding carboxylic acids is 1. The molecule has 2 N–H and O–H groups in total. The normalized spacial score (nSPS) is 10.7. The summed E-state index contributed by atoms with van der Waals surface area (Å²) in [4.78, 5) is 10.8. The van der Waals surface area contributed by atoms with Gasteiger partial charge in [-0.05, 0) is 30.7 Å². The second kappa shape index (κ2) is 4.24. The summed E-state index contributed by atoms with van der Waals surface area (Å²) < 4.78 is 0. The van der Waals surface area contributed by atoms with Crippen LogP contribution in [-0.2, 0) is 0 Å². The number of nitrogens with zero attached hydrogens (tertiary/aromatic N) is 1. The number of amides is 1. The summed E-state index contributed by atoms with van der Waals surface area (Å²) in [6.07, 6.45) is 1.70. The topological polar surface area (TPSA) is 66.9 Å². The standard InChI is InChI=1S/C11H10N2O/c1-8(7-12)5-9-3-2-4-10(6-9)11(13)14/h2-6H,1H3,(H2,13,14)/b8-5+. The maximum absolute atomic E-state index is 10.8. The van der Waals surface area contributed by atoms with Gasteiger partial charge in [0, 0.05) is 11.1 Å². The maximum Gasteiger partial charge on any atom is 0.248 e. The van der Waals surface area contributed by atoms with Crippen molar-refractivity contribution in [3.05, 3.63) is 41.0 Å². The van der Waals surface area contributed by atoms with Crippen molar-refractivity contribution in [1.29, 1.82) is 5.26 Å². The van der Waals surface area contributed by atoms with E-state index >= 15 is 0 Å². The Morgan fingerprint density at radius 3 is 2.86 bits per heavy atom. The van der Waals surface area contributed by atoms with Crippen molar-refractivity contribution in [1.82, 2.24) is 0 Å². The van der Waals surface area contributed by atoms with E-state index in [9.17, 15) is 4.79 Å². The van der Waals surface area contributed by atoms with E-state index in [1.165, 1.54) is 0 Å². The molecule has 3 heteroatoms. The smallest absolute Gasteiger partial charge is 0.248 e. The maximum atomic E-state index is 10.8. The second-order valence-corrected chi connectivity index (χ2v) is 2.93. The highest BCUT2D eigenvalue weighted by molar-refractivity contribution is 5.93. The Morgan fingerprint density at radius 2 is 2.29 bits per heavy atom. The van der Waals surface area contributed by atoms with Gasteiger partial charge in [-0.2, -0.15) is 5.26 Å². The van der Waals surface area contributed by atoms with E-state index in [0.29, 0.717) is 11.1 Å². The first-order valence-electron chi connectivity index (χ1n) is 4.12. The molecule has 0 aliphatic rings. The third kappa shape index (κ3) is 2.46. The molecule has 0 saturated heterocycles. The highest BCUT2D eigenvalue weighted by atomic mass is 16.1. The SMILES string of the molecule is C/C(C#N)=C\c1cccc(C(N)=O)c1. The molecule has 70 valence electrons. The quantitative estimate of drug-likeness (QED) is 0.714. The van der Waals surface area contributed by atoms with Crippen molar-refractivity contribution < 1.29 is 4.79 Å². The molecule has 0 heterocycles. The van der Waals surface area contributed by atoms with Crippen LogP contribution in [0.15, 0.2) is 29.8 Å². The highest BCUT2D eigenvalue weighted by Gasteiger charge is 1.99. The van der Waals surface area contributed by atoms with Gasteiger partial charge in [0.2, 0.25) is 5.91 Å². The van der Waals surface area contributed by atoms with Crippen molar-refractivity contribution in [3.8, 4) is 6.07 Å². The van der Waals surface area contributed by atoms with Crippen LogP contribution < -0.4 is 5.73 Å². The van der Waals surface area contributed by atoms with E-state index in [2.05, 4.69) is 0 Å². The van der Waals surface area contributed by atoms with Crippen LogP contribution in [0.4, 0.5) is 0 Å². The molecule has 0 saturated carbocycles.